The summed E-state index contributed by atoms with van der Waals surface area (Å²) < 4.78 is 6.22. The van der Waals surface area contributed by atoms with Gasteiger partial charge in [-0.3, -0.25) is 0 Å². The molecule has 2 nitrogen and oxygen atoms in total. The molecule has 0 bridgehead atoms. The molecule has 2 rings (SSSR count). The normalized spacial score (nSPS) is 21.8. The third kappa shape index (κ3) is 2.96. The van der Waals surface area contributed by atoms with Crippen LogP contribution in [0.25, 0.3) is 0 Å². The average Bonchev–Trinajstić information content (AvgIpc) is 3.08. The van der Waals surface area contributed by atoms with Crippen LogP contribution in [0.1, 0.15) is 65.2 Å². The lowest BCUT2D eigenvalue weighted by Gasteiger charge is -2.40. The highest BCUT2D eigenvalue weighted by atomic mass is 28.4. The van der Waals surface area contributed by atoms with Gasteiger partial charge in [-0.15, -0.1) is 0 Å². The Morgan fingerprint density at radius 2 is 1.53 bits per heavy atom. The van der Waals surface area contributed by atoms with E-state index in [9.17, 15) is 4.79 Å². The highest BCUT2D eigenvalue weighted by Gasteiger charge is 2.52. The fraction of sp³-hybridized carbons (Fsp3) is 0.812. The summed E-state index contributed by atoms with van der Waals surface area (Å²) in [5.41, 5.74) is 1.99. The average molecular weight is 280 g/mol. The maximum absolute atomic E-state index is 12.1. The van der Waals surface area contributed by atoms with Crippen molar-refractivity contribution in [2.45, 2.75) is 82.3 Å². The summed E-state index contributed by atoms with van der Waals surface area (Å²) in [7, 11) is -1.94. The molecule has 108 valence electrons. The van der Waals surface area contributed by atoms with E-state index < -0.39 is 8.32 Å². The van der Waals surface area contributed by atoms with E-state index in [1.165, 1.54) is 51.4 Å². The zero-order chi connectivity index (χ0) is 13.9. The molecule has 2 fully saturated rings. The molecule has 0 heterocycles. The van der Waals surface area contributed by atoms with Crippen molar-refractivity contribution in [2.24, 2.45) is 0 Å². The number of carbonyl (C=O) groups is 1. The number of hydrogen-bond acceptors (Lipinski definition) is 2. The van der Waals surface area contributed by atoms with Gasteiger partial charge in [0.2, 0.25) is 0 Å². The molecule has 0 aromatic heterocycles. The van der Waals surface area contributed by atoms with E-state index in [0.29, 0.717) is 16.7 Å². The quantitative estimate of drug-likeness (QED) is 0.525. The zero-order valence-corrected chi connectivity index (χ0v) is 13.5. The molecule has 0 spiro atoms. The van der Waals surface area contributed by atoms with Crippen molar-refractivity contribution in [1.29, 1.82) is 0 Å². The minimum absolute atomic E-state index is 0.118. The van der Waals surface area contributed by atoms with Crippen LogP contribution in [0.15, 0.2) is 12.2 Å². The van der Waals surface area contributed by atoms with E-state index in [4.69, 9.17) is 4.43 Å². The molecule has 0 atom stereocenters. The highest BCUT2D eigenvalue weighted by molar-refractivity contribution is 6.78. The Balaban J connectivity index is 2.23. The topological polar surface area (TPSA) is 26.3 Å². The minimum atomic E-state index is -1.94. The Hall–Kier alpha value is -0.573. The van der Waals surface area contributed by atoms with Crippen LogP contribution >= 0.6 is 0 Å². The second kappa shape index (κ2) is 6.25. The van der Waals surface area contributed by atoms with Gasteiger partial charge in [0.1, 0.15) is 0 Å². The zero-order valence-electron chi connectivity index (χ0n) is 12.5. The van der Waals surface area contributed by atoms with Gasteiger partial charge >= 0.3 is 5.97 Å². The number of hydrogen-bond donors (Lipinski definition) is 0. The van der Waals surface area contributed by atoms with Gasteiger partial charge in [-0.05, 0) is 49.7 Å². The SMILES string of the molecule is C=C(C)C(=O)O[Si](CC)(C1CCCC1)C1CCCC1. The molecule has 2 aliphatic rings. The van der Waals surface area contributed by atoms with Crippen LogP contribution in [0.2, 0.25) is 17.1 Å². The lowest BCUT2D eigenvalue weighted by atomic mass is 10.3. The van der Waals surface area contributed by atoms with Crippen molar-refractivity contribution in [3.63, 3.8) is 0 Å². The van der Waals surface area contributed by atoms with Gasteiger partial charge in [-0.1, -0.05) is 39.2 Å². The van der Waals surface area contributed by atoms with E-state index in [1.807, 2.05) is 0 Å². The van der Waals surface area contributed by atoms with E-state index in [1.54, 1.807) is 6.92 Å². The van der Waals surface area contributed by atoms with E-state index >= 15 is 0 Å². The largest absolute Gasteiger partial charge is 0.515 e. The molecular formula is C16H28O2Si. The first kappa shape index (κ1) is 14.8. The van der Waals surface area contributed by atoms with Crippen LogP contribution < -0.4 is 0 Å². The van der Waals surface area contributed by atoms with E-state index in [-0.39, 0.29) is 5.97 Å². The van der Waals surface area contributed by atoms with Crippen molar-refractivity contribution in [3.05, 3.63) is 12.2 Å². The predicted octanol–water partition coefficient (Wildman–Crippen LogP) is 4.96. The van der Waals surface area contributed by atoms with Gasteiger partial charge < -0.3 is 4.43 Å². The Morgan fingerprint density at radius 1 is 1.11 bits per heavy atom. The molecule has 2 aliphatic carbocycles. The molecular weight excluding hydrogens is 252 g/mol. The molecule has 0 amide bonds. The van der Waals surface area contributed by atoms with Crippen LogP contribution in [0.3, 0.4) is 0 Å². The second-order valence-corrected chi connectivity index (χ2v) is 10.9. The Kier molecular flexibility index (Phi) is 4.88. The van der Waals surface area contributed by atoms with Crippen LogP contribution in [0.5, 0.6) is 0 Å². The summed E-state index contributed by atoms with van der Waals surface area (Å²) in [4.78, 5) is 12.1. The molecule has 0 radical (unpaired) electrons. The molecule has 2 saturated carbocycles. The predicted molar refractivity (Wildman–Crippen MR) is 81.6 cm³/mol. The monoisotopic (exact) mass is 280 g/mol. The number of carbonyl (C=O) groups excluding carboxylic acids is 1. The van der Waals surface area contributed by atoms with Crippen LogP contribution in [0.4, 0.5) is 0 Å². The van der Waals surface area contributed by atoms with Crippen molar-refractivity contribution < 1.29 is 9.22 Å². The molecule has 0 aliphatic heterocycles. The summed E-state index contributed by atoms with van der Waals surface area (Å²) in [5.74, 6) is -0.118. The Bertz CT molecular complexity index is 323. The van der Waals surface area contributed by atoms with Gasteiger partial charge in [-0.25, -0.2) is 4.79 Å². The molecule has 3 heteroatoms. The lowest BCUT2D eigenvalue weighted by Crippen LogP contribution is -2.48. The summed E-state index contributed by atoms with van der Waals surface area (Å²) >= 11 is 0. The van der Waals surface area contributed by atoms with Gasteiger partial charge in [0, 0.05) is 5.57 Å². The molecule has 0 saturated heterocycles. The van der Waals surface area contributed by atoms with Crippen LogP contribution in [0, 0.1) is 0 Å². The van der Waals surface area contributed by atoms with Crippen LogP contribution in [-0.2, 0) is 9.22 Å². The molecule has 19 heavy (non-hydrogen) atoms. The summed E-state index contributed by atoms with van der Waals surface area (Å²) in [6, 6.07) is 1.10. The Morgan fingerprint density at radius 3 is 1.84 bits per heavy atom. The third-order valence-electron chi connectivity index (χ3n) is 5.28. The minimum Gasteiger partial charge on any atom is -0.515 e. The highest BCUT2D eigenvalue weighted by Crippen LogP contribution is 2.52. The van der Waals surface area contributed by atoms with Gasteiger partial charge in [0.05, 0.1) is 0 Å². The van der Waals surface area contributed by atoms with Crippen LogP contribution in [-0.4, -0.2) is 14.3 Å². The molecule has 0 aromatic rings. The smallest absolute Gasteiger partial charge is 0.319 e. The maximum Gasteiger partial charge on any atom is 0.319 e. The van der Waals surface area contributed by atoms with E-state index in [2.05, 4.69) is 13.5 Å². The molecule has 0 unspecified atom stereocenters. The van der Waals surface area contributed by atoms with E-state index in [0.717, 1.165) is 6.04 Å². The van der Waals surface area contributed by atoms with Crippen molar-refractivity contribution in [2.75, 3.05) is 0 Å². The first-order valence-electron chi connectivity index (χ1n) is 7.99. The summed E-state index contributed by atoms with van der Waals surface area (Å²) in [5, 5.41) is 0. The second-order valence-electron chi connectivity index (χ2n) is 6.44. The van der Waals surface area contributed by atoms with Gasteiger partial charge in [-0.2, -0.15) is 0 Å². The first-order valence-corrected chi connectivity index (χ1v) is 10.3. The van der Waals surface area contributed by atoms with Crippen molar-refractivity contribution in [3.8, 4) is 0 Å². The Labute approximate surface area is 118 Å². The van der Waals surface area contributed by atoms with Gasteiger partial charge in [0.15, 0.2) is 0 Å². The standard InChI is InChI=1S/C16H28O2Si/c1-4-19(14-9-5-6-10-14,15-11-7-8-12-15)18-16(17)13(2)3/h14-15H,2,4-12H2,1,3H3. The summed E-state index contributed by atoms with van der Waals surface area (Å²) in [6.07, 6.45) is 10.5. The van der Waals surface area contributed by atoms with Crippen molar-refractivity contribution >= 4 is 14.3 Å². The van der Waals surface area contributed by atoms with Gasteiger partial charge in [0.25, 0.3) is 8.32 Å². The fourth-order valence-corrected chi connectivity index (χ4v) is 9.83. The summed E-state index contributed by atoms with van der Waals surface area (Å²) in [6.45, 7) is 7.81. The first-order chi connectivity index (χ1) is 9.10. The number of rotatable bonds is 5. The third-order valence-corrected chi connectivity index (χ3v) is 10.9. The van der Waals surface area contributed by atoms with Crippen molar-refractivity contribution in [1.82, 2.24) is 0 Å². The molecule has 0 aromatic carbocycles. The lowest BCUT2D eigenvalue weighted by molar-refractivity contribution is -0.131. The molecule has 0 N–H and O–H groups in total. The fourth-order valence-electron chi connectivity index (χ4n) is 4.24. The maximum atomic E-state index is 12.1.